The van der Waals surface area contributed by atoms with Crippen LogP contribution in [0.2, 0.25) is 0 Å². The summed E-state index contributed by atoms with van der Waals surface area (Å²) in [7, 11) is 2.76. The third-order valence-corrected chi connectivity index (χ3v) is 4.14. The van der Waals surface area contributed by atoms with Crippen LogP contribution in [0, 0.1) is 0 Å². The fraction of sp³-hybridized carbons (Fsp3) is 0.222. The van der Waals surface area contributed by atoms with Crippen molar-refractivity contribution in [2.45, 2.75) is 6.92 Å². The third-order valence-electron chi connectivity index (χ3n) is 4.14. The highest BCUT2D eigenvalue weighted by Gasteiger charge is 2.28. The van der Waals surface area contributed by atoms with E-state index in [1.165, 1.54) is 14.1 Å². The molecule has 3 aromatic rings. The first-order valence-electron chi connectivity index (χ1n) is 7.97. The first kappa shape index (κ1) is 17.4. The Bertz CT molecular complexity index is 1140. The number of esters is 1. The molecular formula is C18H17N3O5. The van der Waals surface area contributed by atoms with Crippen molar-refractivity contribution in [2.24, 2.45) is 14.1 Å². The van der Waals surface area contributed by atoms with E-state index in [4.69, 9.17) is 4.74 Å². The summed E-state index contributed by atoms with van der Waals surface area (Å²) < 4.78 is 7.11. The highest BCUT2D eigenvalue weighted by atomic mass is 16.5. The van der Waals surface area contributed by atoms with Crippen molar-refractivity contribution in [2.75, 3.05) is 6.61 Å². The van der Waals surface area contributed by atoms with Gasteiger partial charge in [0.2, 0.25) is 5.78 Å². The predicted molar refractivity (Wildman–Crippen MR) is 94.6 cm³/mol. The molecule has 2 heterocycles. The highest BCUT2D eigenvalue weighted by molar-refractivity contribution is 6.18. The Kier molecular flexibility index (Phi) is 4.33. The molecule has 0 aliphatic carbocycles. The number of carbonyl (C=O) groups excluding carboxylic acids is 2. The molecule has 0 aliphatic heterocycles. The summed E-state index contributed by atoms with van der Waals surface area (Å²) in [6.07, 6.45) is 0. The number of hydrogen-bond donors (Lipinski definition) is 1. The largest absolute Gasteiger partial charge is 0.462 e. The van der Waals surface area contributed by atoms with E-state index in [2.05, 4.69) is 4.98 Å². The quantitative estimate of drug-likeness (QED) is 0.555. The minimum absolute atomic E-state index is 0.00284. The Morgan fingerprint density at radius 2 is 1.73 bits per heavy atom. The molecule has 0 spiro atoms. The van der Waals surface area contributed by atoms with E-state index in [9.17, 15) is 19.2 Å². The first-order valence-corrected chi connectivity index (χ1v) is 7.97. The van der Waals surface area contributed by atoms with Gasteiger partial charge >= 0.3 is 11.7 Å². The fourth-order valence-corrected chi connectivity index (χ4v) is 2.86. The van der Waals surface area contributed by atoms with Gasteiger partial charge in [-0.1, -0.05) is 30.3 Å². The maximum atomic E-state index is 12.9. The number of nitrogens with zero attached hydrogens (tertiary/aromatic N) is 2. The van der Waals surface area contributed by atoms with Crippen LogP contribution in [0.1, 0.15) is 33.3 Å². The van der Waals surface area contributed by atoms with Gasteiger partial charge in [-0.2, -0.15) is 0 Å². The van der Waals surface area contributed by atoms with Gasteiger partial charge in [0.15, 0.2) is 0 Å². The summed E-state index contributed by atoms with van der Waals surface area (Å²) in [5.41, 5.74) is -1.04. The molecule has 26 heavy (non-hydrogen) atoms. The number of aryl methyl sites for hydroxylation is 1. The van der Waals surface area contributed by atoms with Crippen molar-refractivity contribution in [1.82, 2.24) is 14.1 Å². The fourth-order valence-electron chi connectivity index (χ4n) is 2.86. The summed E-state index contributed by atoms with van der Waals surface area (Å²) >= 11 is 0. The number of fused-ring (bicyclic) bond motifs is 1. The lowest BCUT2D eigenvalue weighted by Gasteiger charge is -2.07. The molecule has 0 saturated carbocycles. The molecule has 0 saturated heterocycles. The van der Waals surface area contributed by atoms with Crippen molar-refractivity contribution in [3.05, 3.63) is 68.0 Å². The molecule has 1 aromatic carbocycles. The molecular weight excluding hydrogens is 338 g/mol. The number of H-pyrrole nitrogens is 1. The molecule has 0 radical (unpaired) electrons. The SMILES string of the molecule is CCOC(=O)c1c(C(=O)c2ccccc2)[nH]c2c(=O)n(C)c(=O)n(C)c12. The van der Waals surface area contributed by atoms with Gasteiger partial charge in [-0.25, -0.2) is 9.59 Å². The van der Waals surface area contributed by atoms with E-state index in [0.717, 1.165) is 9.13 Å². The molecule has 2 aromatic heterocycles. The van der Waals surface area contributed by atoms with Gasteiger partial charge in [-0.05, 0) is 6.92 Å². The number of ketones is 1. The Labute approximate surface area is 147 Å². The van der Waals surface area contributed by atoms with Crippen molar-refractivity contribution in [3.8, 4) is 0 Å². The maximum absolute atomic E-state index is 12.9. The molecule has 0 fully saturated rings. The van der Waals surface area contributed by atoms with Crippen LogP contribution < -0.4 is 11.2 Å². The summed E-state index contributed by atoms with van der Waals surface area (Å²) in [4.78, 5) is 52.9. The van der Waals surface area contributed by atoms with Gasteiger partial charge in [0.25, 0.3) is 5.56 Å². The van der Waals surface area contributed by atoms with Crippen LogP contribution in [0.15, 0.2) is 39.9 Å². The molecule has 0 amide bonds. The normalized spacial score (nSPS) is 10.9. The smallest absolute Gasteiger partial charge is 0.342 e. The lowest BCUT2D eigenvalue weighted by molar-refractivity contribution is 0.0525. The number of benzene rings is 1. The van der Waals surface area contributed by atoms with E-state index >= 15 is 0 Å². The summed E-state index contributed by atoms with van der Waals surface area (Å²) in [5, 5.41) is 0. The van der Waals surface area contributed by atoms with E-state index in [0.29, 0.717) is 5.56 Å². The van der Waals surface area contributed by atoms with E-state index in [1.54, 1.807) is 37.3 Å². The zero-order valence-corrected chi connectivity index (χ0v) is 14.5. The molecule has 1 N–H and O–H groups in total. The number of nitrogens with one attached hydrogen (secondary N) is 1. The molecule has 0 unspecified atom stereocenters. The van der Waals surface area contributed by atoms with E-state index in [-0.39, 0.29) is 28.9 Å². The number of rotatable bonds is 4. The van der Waals surface area contributed by atoms with Crippen LogP contribution >= 0.6 is 0 Å². The van der Waals surface area contributed by atoms with Crippen LogP contribution in [-0.4, -0.2) is 32.5 Å². The van der Waals surface area contributed by atoms with Gasteiger partial charge in [0.1, 0.15) is 16.8 Å². The number of ether oxygens (including phenoxy) is 1. The van der Waals surface area contributed by atoms with Gasteiger partial charge in [0, 0.05) is 19.7 Å². The summed E-state index contributed by atoms with van der Waals surface area (Å²) in [6.45, 7) is 1.72. The molecule has 3 rings (SSSR count). The number of carbonyl (C=O) groups is 2. The minimum atomic E-state index is -0.777. The Balaban J connectivity index is 2.41. The second-order valence-electron chi connectivity index (χ2n) is 5.72. The molecule has 0 bridgehead atoms. The zero-order valence-electron chi connectivity index (χ0n) is 14.5. The average molecular weight is 355 g/mol. The van der Waals surface area contributed by atoms with Gasteiger partial charge in [0.05, 0.1) is 12.1 Å². The highest BCUT2D eigenvalue weighted by Crippen LogP contribution is 2.22. The number of aromatic amines is 1. The van der Waals surface area contributed by atoms with Crippen LogP contribution in [0.3, 0.4) is 0 Å². The number of aromatic nitrogens is 3. The van der Waals surface area contributed by atoms with E-state index in [1.807, 2.05) is 0 Å². The molecule has 0 aliphatic rings. The molecule has 8 nitrogen and oxygen atoms in total. The van der Waals surface area contributed by atoms with E-state index < -0.39 is 23.0 Å². The minimum Gasteiger partial charge on any atom is -0.462 e. The first-order chi connectivity index (χ1) is 12.4. The predicted octanol–water partition coefficient (Wildman–Crippen LogP) is 0.973. The zero-order chi connectivity index (χ0) is 19.0. The Morgan fingerprint density at radius 1 is 1.08 bits per heavy atom. The molecule has 134 valence electrons. The Morgan fingerprint density at radius 3 is 2.35 bits per heavy atom. The average Bonchev–Trinajstić information content (AvgIpc) is 3.05. The Hall–Kier alpha value is -3.42. The van der Waals surface area contributed by atoms with Crippen molar-refractivity contribution in [1.29, 1.82) is 0 Å². The second kappa shape index (κ2) is 6.47. The van der Waals surface area contributed by atoms with Crippen LogP contribution in [0.25, 0.3) is 11.0 Å². The number of hydrogen-bond acceptors (Lipinski definition) is 5. The van der Waals surface area contributed by atoms with Crippen LogP contribution in [-0.2, 0) is 18.8 Å². The van der Waals surface area contributed by atoms with Crippen molar-refractivity contribution < 1.29 is 14.3 Å². The maximum Gasteiger partial charge on any atom is 0.342 e. The van der Waals surface area contributed by atoms with Gasteiger partial charge < -0.3 is 9.72 Å². The van der Waals surface area contributed by atoms with Gasteiger partial charge in [-0.15, -0.1) is 0 Å². The molecule has 8 heteroatoms. The third kappa shape index (κ3) is 2.55. The van der Waals surface area contributed by atoms with Crippen molar-refractivity contribution >= 4 is 22.8 Å². The summed E-state index contributed by atoms with van der Waals surface area (Å²) in [5.74, 6) is -1.25. The monoisotopic (exact) mass is 355 g/mol. The lowest BCUT2D eigenvalue weighted by Crippen LogP contribution is -2.37. The lowest BCUT2D eigenvalue weighted by atomic mass is 10.0. The van der Waals surface area contributed by atoms with Crippen LogP contribution in [0.5, 0.6) is 0 Å². The second-order valence-corrected chi connectivity index (χ2v) is 5.72. The van der Waals surface area contributed by atoms with Gasteiger partial charge in [-0.3, -0.25) is 18.7 Å². The van der Waals surface area contributed by atoms with Crippen LogP contribution in [0.4, 0.5) is 0 Å². The molecule has 0 atom stereocenters. The van der Waals surface area contributed by atoms with Crippen molar-refractivity contribution in [3.63, 3.8) is 0 Å². The summed E-state index contributed by atoms with van der Waals surface area (Å²) in [6, 6.07) is 8.33. The standard InChI is InChI=1S/C18H17N3O5/c1-4-26-17(24)11-12(15(22)10-8-6-5-7-9-10)19-13-14(11)20(2)18(25)21(3)16(13)23/h5-9,19H,4H2,1-3H3. The topological polar surface area (TPSA) is 103 Å².